The minimum Gasteiger partial charge on any atom is -0.483 e. The number of hydrogen-bond donors (Lipinski definition) is 0. The molecule has 31 heavy (non-hydrogen) atoms. The first kappa shape index (κ1) is 21.7. The van der Waals surface area contributed by atoms with Crippen LogP contribution in [0.5, 0.6) is 5.75 Å². The molecule has 1 aromatic carbocycles. The van der Waals surface area contributed by atoms with E-state index < -0.39 is 27.2 Å². The molecule has 0 amide bonds. The number of hydrogen-bond acceptors (Lipinski definition) is 6. The van der Waals surface area contributed by atoms with Gasteiger partial charge in [0.25, 0.3) is 0 Å². The van der Waals surface area contributed by atoms with Crippen molar-refractivity contribution in [3.63, 3.8) is 0 Å². The summed E-state index contributed by atoms with van der Waals surface area (Å²) in [6.07, 6.45) is 6.12. The molecule has 0 spiro atoms. The first-order chi connectivity index (χ1) is 14.7. The molecule has 168 valence electrons. The van der Waals surface area contributed by atoms with E-state index in [9.17, 15) is 22.0 Å². The molecule has 2 fully saturated rings. The second-order valence-electron chi connectivity index (χ2n) is 7.88. The molecular formula is C20H24F2N4O4S. The molecule has 0 N–H and O–H groups in total. The second-order valence-corrected chi connectivity index (χ2v) is 9.86. The van der Waals surface area contributed by atoms with E-state index in [4.69, 9.17) is 4.74 Å². The van der Waals surface area contributed by atoms with Crippen molar-refractivity contribution in [1.82, 2.24) is 14.1 Å². The topological polar surface area (TPSA) is 84.7 Å². The molecule has 0 radical (unpaired) electrons. The molecule has 1 aliphatic carbocycles. The van der Waals surface area contributed by atoms with Gasteiger partial charge in [-0.2, -0.15) is 14.1 Å². The number of piperazine rings is 1. The molecule has 0 unspecified atom stereocenters. The fourth-order valence-electron chi connectivity index (χ4n) is 4.04. The van der Waals surface area contributed by atoms with E-state index >= 15 is 0 Å². The Morgan fingerprint density at radius 3 is 2.23 bits per heavy atom. The molecule has 0 atom stereocenters. The summed E-state index contributed by atoms with van der Waals surface area (Å²) < 4.78 is 59.4. The Morgan fingerprint density at radius 1 is 1.03 bits per heavy atom. The van der Waals surface area contributed by atoms with Gasteiger partial charge < -0.3 is 9.64 Å². The zero-order chi connectivity index (χ0) is 22.2. The Balaban J connectivity index is 1.71. The Kier molecular flexibility index (Phi) is 5.98. The first-order valence-electron chi connectivity index (χ1n) is 10.2. The quantitative estimate of drug-likeness (QED) is 0.686. The summed E-state index contributed by atoms with van der Waals surface area (Å²) in [5.41, 5.74) is -0.190. The van der Waals surface area contributed by atoms with Gasteiger partial charge in [0.05, 0.1) is 24.2 Å². The SMILES string of the molecule is CS(=O)(=O)N1CCN(c2cnn(-c3cc(F)cc(F)c3)c(=O)c2OC2CCCC2)CC1. The normalized spacial score (nSPS) is 18.5. The monoisotopic (exact) mass is 454 g/mol. The number of sulfonamides is 1. The molecule has 1 saturated heterocycles. The fraction of sp³-hybridized carbons (Fsp3) is 0.500. The Morgan fingerprint density at radius 2 is 1.65 bits per heavy atom. The predicted octanol–water partition coefficient (Wildman–Crippen LogP) is 1.91. The number of aromatic nitrogens is 2. The van der Waals surface area contributed by atoms with Crippen LogP contribution in [0.2, 0.25) is 0 Å². The van der Waals surface area contributed by atoms with Crippen LogP contribution in [0.1, 0.15) is 25.7 Å². The standard InChI is InChI=1S/C20H24F2N4O4S/c1-31(28,29)25-8-6-24(7-9-25)18-13-23-26(16-11-14(21)10-15(22)12-16)20(27)19(18)30-17-4-2-3-5-17/h10-13,17H,2-9H2,1H3. The van der Waals surface area contributed by atoms with Crippen LogP contribution in [0.3, 0.4) is 0 Å². The largest absolute Gasteiger partial charge is 0.483 e. The van der Waals surface area contributed by atoms with E-state index in [2.05, 4.69) is 5.10 Å². The van der Waals surface area contributed by atoms with Crippen LogP contribution in [0.4, 0.5) is 14.5 Å². The number of nitrogens with zero attached hydrogens (tertiary/aromatic N) is 4. The fourth-order valence-corrected chi connectivity index (χ4v) is 4.87. The zero-order valence-electron chi connectivity index (χ0n) is 17.1. The molecule has 4 rings (SSSR count). The molecule has 1 aromatic heterocycles. The number of halogens is 2. The molecule has 2 heterocycles. The predicted molar refractivity (Wildman–Crippen MR) is 111 cm³/mol. The highest BCUT2D eigenvalue weighted by Crippen LogP contribution is 2.30. The highest BCUT2D eigenvalue weighted by molar-refractivity contribution is 7.88. The lowest BCUT2D eigenvalue weighted by Crippen LogP contribution is -2.49. The summed E-state index contributed by atoms with van der Waals surface area (Å²) in [4.78, 5) is 15.1. The van der Waals surface area contributed by atoms with Crippen molar-refractivity contribution >= 4 is 15.7 Å². The van der Waals surface area contributed by atoms with Crippen LogP contribution >= 0.6 is 0 Å². The van der Waals surface area contributed by atoms with Gasteiger partial charge in [-0.15, -0.1) is 0 Å². The van der Waals surface area contributed by atoms with E-state index in [1.165, 1.54) is 10.5 Å². The van der Waals surface area contributed by atoms with E-state index in [0.29, 0.717) is 18.8 Å². The summed E-state index contributed by atoms with van der Waals surface area (Å²) in [6, 6.07) is 2.78. The third-order valence-corrected chi connectivity index (χ3v) is 6.94. The summed E-state index contributed by atoms with van der Waals surface area (Å²) in [5.74, 6) is -1.56. The summed E-state index contributed by atoms with van der Waals surface area (Å²) in [5, 5.41) is 4.13. The van der Waals surface area contributed by atoms with Crippen molar-refractivity contribution in [1.29, 1.82) is 0 Å². The average molecular weight is 454 g/mol. The molecule has 2 aliphatic rings. The Bertz CT molecular complexity index is 1100. The van der Waals surface area contributed by atoms with Gasteiger partial charge in [-0.05, 0) is 37.8 Å². The van der Waals surface area contributed by atoms with Gasteiger partial charge in [-0.25, -0.2) is 17.2 Å². The number of rotatable bonds is 5. The second kappa shape index (κ2) is 8.54. The van der Waals surface area contributed by atoms with Gasteiger partial charge in [-0.1, -0.05) is 0 Å². The van der Waals surface area contributed by atoms with Crippen molar-refractivity contribution in [3.8, 4) is 11.4 Å². The highest BCUT2D eigenvalue weighted by atomic mass is 32.2. The Labute approximate surface area is 179 Å². The minimum atomic E-state index is -3.30. The number of benzene rings is 1. The van der Waals surface area contributed by atoms with Crippen LogP contribution in [0.15, 0.2) is 29.2 Å². The lowest BCUT2D eigenvalue weighted by molar-refractivity contribution is 0.205. The summed E-state index contributed by atoms with van der Waals surface area (Å²) in [6.45, 7) is 1.29. The lowest BCUT2D eigenvalue weighted by Gasteiger charge is -2.35. The molecule has 1 aliphatic heterocycles. The van der Waals surface area contributed by atoms with E-state index in [1.54, 1.807) is 0 Å². The van der Waals surface area contributed by atoms with Crippen LogP contribution < -0.4 is 15.2 Å². The van der Waals surface area contributed by atoms with Crippen molar-refractivity contribution in [2.24, 2.45) is 0 Å². The summed E-state index contributed by atoms with van der Waals surface area (Å²) >= 11 is 0. The maximum Gasteiger partial charge on any atom is 0.316 e. The lowest BCUT2D eigenvalue weighted by atomic mass is 10.2. The van der Waals surface area contributed by atoms with Gasteiger partial charge in [-0.3, -0.25) is 4.79 Å². The molecule has 8 nitrogen and oxygen atoms in total. The smallest absolute Gasteiger partial charge is 0.316 e. The summed E-state index contributed by atoms with van der Waals surface area (Å²) in [7, 11) is -3.30. The zero-order valence-corrected chi connectivity index (χ0v) is 17.9. The third-order valence-electron chi connectivity index (χ3n) is 5.64. The molecule has 0 bridgehead atoms. The first-order valence-corrected chi connectivity index (χ1v) is 12.0. The van der Waals surface area contributed by atoms with Crippen molar-refractivity contribution < 1.29 is 21.9 Å². The van der Waals surface area contributed by atoms with Crippen LogP contribution in [0, 0.1) is 11.6 Å². The minimum absolute atomic E-state index is 0.0350. The number of anilines is 1. The average Bonchev–Trinajstić information content (AvgIpc) is 3.21. The molecule has 11 heteroatoms. The van der Waals surface area contributed by atoms with E-state index in [-0.39, 0.29) is 30.6 Å². The van der Waals surface area contributed by atoms with Crippen LogP contribution in [-0.4, -0.2) is 61.0 Å². The molecule has 1 saturated carbocycles. The van der Waals surface area contributed by atoms with Crippen molar-refractivity contribution in [3.05, 3.63) is 46.4 Å². The van der Waals surface area contributed by atoms with Gasteiger partial charge in [0.2, 0.25) is 15.8 Å². The van der Waals surface area contributed by atoms with Crippen LogP contribution in [-0.2, 0) is 10.0 Å². The van der Waals surface area contributed by atoms with E-state index in [0.717, 1.165) is 54.8 Å². The third kappa shape index (κ3) is 4.72. The highest BCUT2D eigenvalue weighted by Gasteiger charge is 2.28. The van der Waals surface area contributed by atoms with Crippen molar-refractivity contribution in [2.75, 3.05) is 37.3 Å². The van der Waals surface area contributed by atoms with Crippen molar-refractivity contribution in [2.45, 2.75) is 31.8 Å². The number of ether oxygens (including phenoxy) is 1. The molecular weight excluding hydrogens is 430 g/mol. The molecule has 2 aromatic rings. The maximum absolute atomic E-state index is 13.7. The van der Waals surface area contributed by atoms with Gasteiger partial charge in [0.1, 0.15) is 17.3 Å². The van der Waals surface area contributed by atoms with Crippen LogP contribution in [0.25, 0.3) is 5.69 Å². The van der Waals surface area contributed by atoms with E-state index in [1.807, 2.05) is 4.90 Å². The Hall–Kier alpha value is -2.53. The van der Waals surface area contributed by atoms with Gasteiger partial charge in [0.15, 0.2) is 0 Å². The maximum atomic E-state index is 13.7. The van der Waals surface area contributed by atoms with Gasteiger partial charge in [0, 0.05) is 32.2 Å². The van der Waals surface area contributed by atoms with Gasteiger partial charge >= 0.3 is 5.56 Å².